The van der Waals surface area contributed by atoms with Gasteiger partial charge < -0.3 is 10.2 Å². The lowest BCUT2D eigenvalue weighted by Gasteiger charge is -2.32. The maximum atomic E-state index is 3.78. The number of hydrogen-bond acceptors (Lipinski definition) is 2. The minimum Gasteiger partial charge on any atom is -0.355 e. The van der Waals surface area contributed by atoms with Gasteiger partial charge in [-0.2, -0.15) is 0 Å². The molecule has 2 nitrogen and oxygen atoms in total. The van der Waals surface area contributed by atoms with Crippen molar-refractivity contribution in [1.82, 2.24) is 0 Å². The molecular weight excluding hydrogens is 1660 g/mol. The molecule has 0 amide bonds. The van der Waals surface area contributed by atoms with E-state index in [9.17, 15) is 0 Å². The summed E-state index contributed by atoms with van der Waals surface area (Å²) in [7, 11) is 0. The molecule has 0 aliphatic heterocycles. The molecule has 22 aromatic carbocycles. The van der Waals surface area contributed by atoms with E-state index in [1.54, 1.807) is 0 Å². The number of hydrogen-bond donors (Lipinski definition) is 1. The van der Waals surface area contributed by atoms with E-state index in [0.29, 0.717) is 0 Å². The Balaban J connectivity index is 0.000000118. The van der Waals surface area contributed by atoms with Crippen LogP contribution in [0.3, 0.4) is 0 Å². The van der Waals surface area contributed by atoms with Crippen molar-refractivity contribution < 1.29 is 0 Å². The molecule has 132 heavy (non-hydrogen) atoms. The number of nitrogens with one attached hydrogen (secondary N) is 1. The summed E-state index contributed by atoms with van der Waals surface area (Å²) >= 11 is 3.68. The number of halogens is 1. The van der Waals surface area contributed by atoms with Gasteiger partial charge in [0.2, 0.25) is 0 Å². The second-order valence-corrected chi connectivity index (χ2v) is 38.2. The lowest BCUT2D eigenvalue weighted by Crippen LogP contribution is -2.26. The molecule has 0 heterocycles. The molecule has 2 spiro atoms. The van der Waals surface area contributed by atoms with Crippen LogP contribution in [0.5, 0.6) is 0 Å². The maximum Gasteiger partial charge on any atom is 0.0726 e. The monoisotopic (exact) mass is 1750 g/mol. The number of benzene rings is 22. The minimum absolute atomic E-state index is 0. The quantitative estimate of drug-likeness (QED) is 0.160. The Bertz CT molecular complexity index is 8480. The van der Waals surface area contributed by atoms with Gasteiger partial charge in [0.1, 0.15) is 0 Å². The van der Waals surface area contributed by atoms with E-state index in [-0.39, 0.29) is 23.7 Å². The van der Waals surface area contributed by atoms with Crippen molar-refractivity contribution in [2.45, 2.75) is 56.8 Å². The molecule has 6 aliphatic rings. The minimum atomic E-state index is -0.438. The predicted octanol–water partition coefficient (Wildman–Crippen LogP) is 35.2. The fraction of sp³-hybridized carbons (Fsp3) is 0.0698. The number of nitrogens with zero attached hydrogens (tertiary/aromatic N) is 1. The first-order chi connectivity index (χ1) is 64.4. The van der Waals surface area contributed by atoms with Gasteiger partial charge in [0, 0.05) is 49.2 Å². The van der Waals surface area contributed by atoms with E-state index in [4.69, 9.17) is 0 Å². The second-order valence-electron chi connectivity index (χ2n) is 37.3. The third-order valence-corrected chi connectivity index (χ3v) is 30.5. The van der Waals surface area contributed by atoms with Crippen molar-refractivity contribution in [2.75, 3.05) is 10.2 Å². The van der Waals surface area contributed by atoms with E-state index in [2.05, 4.69) is 503 Å². The molecule has 3 heteroatoms. The Morgan fingerprint density at radius 1 is 0.205 bits per heavy atom. The van der Waals surface area contributed by atoms with Crippen LogP contribution in [-0.2, 0) is 21.7 Å². The molecule has 0 atom stereocenters. The zero-order valence-electron chi connectivity index (χ0n) is 73.0. The fourth-order valence-electron chi connectivity index (χ4n) is 24.3. The van der Waals surface area contributed by atoms with Gasteiger partial charge >= 0.3 is 0 Å². The van der Waals surface area contributed by atoms with Gasteiger partial charge in [-0.3, -0.25) is 0 Å². The van der Waals surface area contributed by atoms with E-state index < -0.39 is 5.41 Å². The summed E-state index contributed by atoms with van der Waals surface area (Å²) < 4.78 is 1.14. The van der Waals surface area contributed by atoms with E-state index in [1.165, 1.54) is 226 Å². The summed E-state index contributed by atoms with van der Waals surface area (Å²) in [6, 6.07) is 167. The molecule has 0 unspecified atom stereocenters. The topological polar surface area (TPSA) is 15.3 Å². The van der Waals surface area contributed by atoms with Gasteiger partial charge in [0.05, 0.1) is 16.5 Å². The van der Waals surface area contributed by atoms with Crippen LogP contribution in [0.2, 0.25) is 0 Å². The Morgan fingerprint density at radius 3 is 0.939 bits per heavy atom. The SMILES string of the molecule is C.CC1(C)c2ccc(Br)cc2-c2cc3c4ccccc4c4ccccc4c3cc21.CC1(C)c2ccc(N(c3ccc(-c4ccccc4)cc3)c3cccc4c3-c3ccccc3C43c4ccccc4-c4ccccc43)cc2-c2cc3c4ccccc4c4ccccc4c3cc21.c1ccc(-c2ccc(Nc3cccc4c3-c3ccccc3C43c4ccccc4-c4ccccc43)cc2)cc1. The molecule has 0 saturated carbocycles. The van der Waals surface area contributed by atoms with E-state index >= 15 is 0 Å². The third kappa shape index (κ3) is 11.3. The van der Waals surface area contributed by atoms with Gasteiger partial charge in [-0.1, -0.05) is 415 Å². The van der Waals surface area contributed by atoms with Crippen molar-refractivity contribution in [3.63, 3.8) is 0 Å². The summed E-state index contributed by atoms with van der Waals surface area (Å²) in [5.74, 6) is 0. The van der Waals surface area contributed by atoms with Crippen LogP contribution in [0.25, 0.3) is 154 Å². The Morgan fingerprint density at radius 2 is 0.508 bits per heavy atom. The average Bonchev–Trinajstić information content (AvgIpc) is 1.51. The molecule has 0 radical (unpaired) electrons. The lowest BCUT2D eigenvalue weighted by atomic mass is 9.70. The molecule has 6 aliphatic carbocycles. The van der Waals surface area contributed by atoms with Crippen LogP contribution in [0.15, 0.2) is 453 Å². The Labute approximate surface area is 779 Å². The third-order valence-electron chi connectivity index (χ3n) is 30.0. The molecule has 624 valence electrons. The Hall–Kier alpha value is -15.5. The summed E-state index contributed by atoms with van der Waals surface area (Å²) in [6.45, 7) is 9.51. The van der Waals surface area contributed by atoms with Crippen LogP contribution in [0.4, 0.5) is 28.4 Å². The highest BCUT2D eigenvalue weighted by molar-refractivity contribution is 9.10. The number of fused-ring (bicyclic) bond motifs is 38. The normalized spacial score (nSPS) is 14.0. The van der Waals surface area contributed by atoms with Crippen molar-refractivity contribution in [3.05, 3.63) is 520 Å². The molecule has 0 saturated heterocycles. The first-order valence-corrected chi connectivity index (χ1v) is 46.7. The standard InChI is InChI=1S/C64H43N.C37H25N.C27H19Br.CH4/c1-63(2)55-36-35-43(37-53(55)54-38-51-46-21-8-6-19-44(46)45-20-7-9-22-47(45)52(51)39-60(54)63)65(42-33-31-41(32-34-42)40-17-4-3-5-18-40)61-30-16-29-59-62(61)50-25-12-15-28-58(50)64(59)56-26-13-10-23-48(56)49-24-11-14-27-57(49)64;1-2-11-25(12-3-1)26-21-23-27(24-22-26)38-35-20-10-19-34-36(35)30-15-6-9-18-33(30)37(34)31-16-7-4-13-28(31)29-14-5-8-17-32(29)37;1-27(2)25-12-11-16(28)13-23(25)24-14-21-19-9-5-3-7-17(19)18-8-4-6-10-20(18)22(21)15-26(24)27;/h3-39H,1-2H3;1-24,38H;3-15H,1-2H3;1H4. The van der Waals surface area contributed by atoms with Gasteiger partial charge in [-0.15, -0.1) is 0 Å². The fourth-order valence-corrected chi connectivity index (χ4v) is 24.7. The molecule has 28 rings (SSSR count). The average molecular weight is 1750 g/mol. The van der Waals surface area contributed by atoms with Gasteiger partial charge in [0.25, 0.3) is 0 Å². The largest absolute Gasteiger partial charge is 0.355 e. The van der Waals surface area contributed by atoms with Crippen LogP contribution in [0.1, 0.15) is 102 Å². The van der Waals surface area contributed by atoms with E-state index in [0.717, 1.165) is 27.2 Å². The van der Waals surface area contributed by atoms with Gasteiger partial charge in [-0.05, 0) is 294 Å². The summed E-state index contributed by atoms with van der Waals surface area (Å²) in [5.41, 5.74) is 41.8. The first-order valence-electron chi connectivity index (χ1n) is 45.9. The van der Waals surface area contributed by atoms with Gasteiger partial charge in [0.15, 0.2) is 0 Å². The number of anilines is 5. The van der Waals surface area contributed by atoms with Crippen LogP contribution in [0, 0.1) is 0 Å². The van der Waals surface area contributed by atoms with E-state index in [1.807, 2.05) is 0 Å². The summed E-state index contributed by atoms with van der Waals surface area (Å²) in [4.78, 5) is 2.53. The Kier molecular flexibility index (Phi) is 17.9. The lowest BCUT2D eigenvalue weighted by molar-refractivity contribution is 0.661. The molecular formula is C129H91BrN2. The van der Waals surface area contributed by atoms with Crippen molar-refractivity contribution in [2.24, 2.45) is 0 Å². The highest BCUT2D eigenvalue weighted by Crippen LogP contribution is 2.67. The molecule has 0 aromatic heterocycles. The van der Waals surface area contributed by atoms with Gasteiger partial charge in [-0.25, -0.2) is 0 Å². The van der Waals surface area contributed by atoms with Crippen LogP contribution >= 0.6 is 15.9 Å². The predicted molar refractivity (Wildman–Crippen MR) is 562 cm³/mol. The molecule has 22 aromatic rings. The number of rotatable bonds is 7. The van der Waals surface area contributed by atoms with Crippen molar-refractivity contribution in [1.29, 1.82) is 0 Å². The first kappa shape index (κ1) is 78.7. The maximum absolute atomic E-state index is 3.78. The smallest absolute Gasteiger partial charge is 0.0726 e. The zero-order chi connectivity index (χ0) is 87.2. The molecule has 0 fully saturated rings. The highest BCUT2D eigenvalue weighted by atomic mass is 79.9. The second kappa shape index (κ2) is 30.0. The summed E-state index contributed by atoms with van der Waals surface area (Å²) in [6.07, 6.45) is 0. The molecule has 1 N–H and O–H groups in total. The van der Waals surface area contributed by atoms with Crippen LogP contribution in [-0.4, -0.2) is 0 Å². The summed E-state index contributed by atoms with van der Waals surface area (Å²) in [5, 5.41) is 19.7. The highest BCUT2D eigenvalue weighted by Gasteiger charge is 2.54. The zero-order valence-corrected chi connectivity index (χ0v) is 74.6. The molecule has 0 bridgehead atoms. The van der Waals surface area contributed by atoms with Crippen LogP contribution < -0.4 is 10.2 Å². The van der Waals surface area contributed by atoms with Crippen molar-refractivity contribution >= 4 is 109 Å². The van der Waals surface area contributed by atoms with Crippen molar-refractivity contribution in [3.8, 4) is 89.0 Å².